The van der Waals surface area contributed by atoms with Crippen LogP contribution in [0.4, 0.5) is 0 Å². The molecule has 1 aromatic rings. The number of unbranched alkanes of at least 4 members (excludes halogenated alkanes) is 3. The Morgan fingerprint density at radius 1 is 1.05 bits per heavy atom. The summed E-state index contributed by atoms with van der Waals surface area (Å²) in [6, 6.07) is 9.38. The predicted octanol–water partition coefficient (Wildman–Crippen LogP) is 5.39. The van der Waals surface area contributed by atoms with Gasteiger partial charge in [-0.15, -0.1) is 0 Å². The summed E-state index contributed by atoms with van der Waals surface area (Å²) in [6.07, 6.45) is 6.78. The molecule has 1 rings (SSSR count). The van der Waals surface area contributed by atoms with Crippen LogP contribution < -0.4 is 4.74 Å². The molecule has 2 heteroatoms. The molecule has 0 unspecified atom stereocenters. The molecule has 0 aliphatic carbocycles. The molecule has 0 aromatic heterocycles. The van der Waals surface area contributed by atoms with Crippen LogP contribution in [0.1, 0.15) is 58.9 Å². The average Bonchev–Trinajstić information content (AvgIpc) is 2.49. The van der Waals surface area contributed by atoms with Crippen molar-refractivity contribution in [3.05, 3.63) is 36.4 Å². The van der Waals surface area contributed by atoms with Crippen LogP contribution in [-0.4, -0.2) is 30.1 Å². The van der Waals surface area contributed by atoms with Crippen LogP contribution in [0.3, 0.4) is 0 Å². The van der Waals surface area contributed by atoms with Crippen LogP contribution in [0.2, 0.25) is 0 Å². The molecule has 0 fully saturated rings. The SMILES string of the molecule is C=Cc1cccc(OCCCCCCN(C(C)C)C(C)C)c1. The molecule has 0 aliphatic heterocycles. The minimum Gasteiger partial charge on any atom is -0.494 e. The number of hydrogen-bond donors (Lipinski definition) is 0. The summed E-state index contributed by atoms with van der Waals surface area (Å²) in [5.74, 6) is 0.947. The van der Waals surface area contributed by atoms with Gasteiger partial charge < -0.3 is 4.74 Å². The molecule has 0 atom stereocenters. The molecule has 0 saturated carbocycles. The summed E-state index contributed by atoms with van der Waals surface area (Å²) in [4.78, 5) is 2.57. The second-order valence-corrected chi connectivity index (χ2v) is 6.46. The lowest BCUT2D eigenvalue weighted by atomic mass is 10.1. The van der Waals surface area contributed by atoms with E-state index in [1.54, 1.807) is 0 Å². The summed E-state index contributed by atoms with van der Waals surface area (Å²) in [5, 5.41) is 0. The molecular formula is C20H33NO. The van der Waals surface area contributed by atoms with E-state index in [-0.39, 0.29) is 0 Å². The predicted molar refractivity (Wildman–Crippen MR) is 97.5 cm³/mol. The van der Waals surface area contributed by atoms with E-state index in [2.05, 4.69) is 39.2 Å². The Morgan fingerprint density at radius 2 is 1.73 bits per heavy atom. The first-order chi connectivity index (χ1) is 10.5. The van der Waals surface area contributed by atoms with Crippen LogP contribution in [0, 0.1) is 0 Å². The minimum atomic E-state index is 0.639. The van der Waals surface area contributed by atoms with Crippen LogP contribution in [-0.2, 0) is 0 Å². The normalized spacial score (nSPS) is 11.4. The highest BCUT2D eigenvalue weighted by Gasteiger charge is 2.11. The number of rotatable bonds is 11. The fourth-order valence-electron chi connectivity index (χ4n) is 2.78. The lowest BCUT2D eigenvalue weighted by Crippen LogP contribution is -2.37. The number of benzene rings is 1. The molecule has 0 aliphatic rings. The quantitative estimate of drug-likeness (QED) is 0.508. The van der Waals surface area contributed by atoms with Crippen molar-refractivity contribution in [2.45, 2.75) is 65.5 Å². The number of nitrogens with zero attached hydrogens (tertiary/aromatic N) is 1. The molecule has 0 bridgehead atoms. The molecule has 0 N–H and O–H groups in total. The molecule has 0 spiro atoms. The smallest absolute Gasteiger partial charge is 0.119 e. The van der Waals surface area contributed by atoms with Crippen molar-refractivity contribution in [3.8, 4) is 5.75 Å². The lowest BCUT2D eigenvalue weighted by molar-refractivity contribution is 0.171. The average molecular weight is 303 g/mol. The fourth-order valence-corrected chi connectivity index (χ4v) is 2.78. The molecule has 22 heavy (non-hydrogen) atoms. The molecule has 1 aromatic carbocycles. The first kappa shape index (κ1) is 18.8. The van der Waals surface area contributed by atoms with Gasteiger partial charge in [-0.05, 0) is 64.8 Å². The lowest BCUT2D eigenvalue weighted by Gasteiger charge is -2.30. The van der Waals surface area contributed by atoms with Gasteiger partial charge in [0.05, 0.1) is 6.61 Å². The van der Waals surface area contributed by atoms with Gasteiger partial charge in [-0.2, -0.15) is 0 Å². The van der Waals surface area contributed by atoms with Gasteiger partial charge in [0.2, 0.25) is 0 Å². The maximum absolute atomic E-state index is 5.79. The van der Waals surface area contributed by atoms with E-state index < -0.39 is 0 Å². The van der Waals surface area contributed by atoms with E-state index in [1.807, 2.05) is 30.3 Å². The third kappa shape index (κ3) is 7.13. The molecular weight excluding hydrogens is 270 g/mol. The third-order valence-electron chi connectivity index (χ3n) is 4.00. The van der Waals surface area contributed by atoms with Crippen LogP contribution in [0.25, 0.3) is 6.08 Å². The highest BCUT2D eigenvalue weighted by Crippen LogP contribution is 2.15. The number of ether oxygens (including phenoxy) is 1. The largest absolute Gasteiger partial charge is 0.494 e. The highest BCUT2D eigenvalue weighted by atomic mass is 16.5. The maximum atomic E-state index is 5.79. The molecule has 124 valence electrons. The van der Waals surface area contributed by atoms with Crippen molar-refractivity contribution < 1.29 is 4.74 Å². The third-order valence-corrected chi connectivity index (χ3v) is 4.00. The Hall–Kier alpha value is -1.28. The first-order valence-electron chi connectivity index (χ1n) is 8.65. The Morgan fingerprint density at radius 3 is 2.36 bits per heavy atom. The maximum Gasteiger partial charge on any atom is 0.119 e. The number of hydrogen-bond acceptors (Lipinski definition) is 2. The van der Waals surface area contributed by atoms with Crippen molar-refractivity contribution in [3.63, 3.8) is 0 Å². The van der Waals surface area contributed by atoms with E-state index in [4.69, 9.17) is 4.74 Å². The van der Waals surface area contributed by atoms with Crippen molar-refractivity contribution in [1.29, 1.82) is 0 Å². The topological polar surface area (TPSA) is 12.5 Å². The zero-order valence-corrected chi connectivity index (χ0v) is 14.8. The summed E-state index contributed by atoms with van der Waals surface area (Å²) < 4.78 is 5.79. The van der Waals surface area contributed by atoms with Crippen molar-refractivity contribution in [1.82, 2.24) is 4.90 Å². The second kappa shape index (κ2) is 10.4. The van der Waals surface area contributed by atoms with Gasteiger partial charge in [-0.25, -0.2) is 0 Å². The van der Waals surface area contributed by atoms with E-state index in [0.29, 0.717) is 12.1 Å². The van der Waals surface area contributed by atoms with Gasteiger partial charge in [-0.1, -0.05) is 37.6 Å². The molecule has 2 nitrogen and oxygen atoms in total. The Bertz CT molecular complexity index is 417. The van der Waals surface area contributed by atoms with Gasteiger partial charge in [0.15, 0.2) is 0 Å². The first-order valence-corrected chi connectivity index (χ1v) is 8.65. The van der Waals surface area contributed by atoms with Gasteiger partial charge in [0, 0.05) is 12.1 Å². The Kier molecular flexibility index (Phi) is 8.91. The Labute approximate surface area is 137 Å². The van der Waals surface area contributed by atoms with Gasteiger partial charge >= 0.3 is 0 Å². The monoisotopic (exact) mass is 303 g/mol. The zero-order valence-electron chi connectivity index (χ0n) is 14.8. The van der Waals surface area contributed by atoms with E-state index in [0.717, 1.165) is 24.3 Å². The molecule has 0 radical (unpaired) electrons. The van der Waals surface area contributed by atoms with Crippen molar-refractivity contribution in [2.75, 3.05) is 13.2 Å². The highest BCUT2D eigenvalue weighted by molar-refractivity contribution is 5.49. The summed E-state index contributed by atoms with van der Waals surface area (Å²) in [5.41, 5.74) is 1.11. The van der Waals surface area contributed by atoms with Gasteiger partial charge in [0.25, 0.3) is 0 Å². The summed E-state index contributed by atoms with van der Waals surface area (Å²) in [7, 11) is 0. The van der Waals surface area contributed by atoms with Crippen molar-refractivity contribution >= 4 is 6.08 Å². The summed E-state index contributed by atoms with van der Waals surface area (Å²) in [6.45, 7) is 14.9. The standard InChI is InChI=1S/C20H33NO/c1-6-19-12-11-13-20(16-19)22-15-10-8-7-9-14-21(17(2)3)18(4)5/h6,11-13,16-18H,1,7-10,14-15H2,2-5H3. The van der Waals surface area contributed by atoms with Gasteiger partial charge in [-0.3, -0.25) is 4.90 Å². The van der Waals surface area contributed by atoms with Crippen LogP contribution in [0.15, 0.2) is 30.8 Å². The summed E-state index contributed by atoms with van der Waals surface area (Å²) >= 11 is 0. The minimum absolute atomic E-state index is 0.639. The van der Waals surface area contributed by atoms with E-state index >= 15 is 0 Å². The van der Waals surface area contributed by atoms with Crippen LogP contribution in [0.5, 0.6) is 5.75 Å². The van der Waals surface area contributed by atoms with Crippen LogP contribution >= 0.6 is 0 Å². The second-order valence-electron chi connectivity index (χ2n) is 6.46. The van der Waals surface area contributed by atoms with E-state index in [9.17, 15) is 0 Å². The van der Waals surface area contributed by atoms with E-state index in [1.165, 1.54) is 25.8 Å². The molecule has 0 amide bonds. The Balaban J connectivity index is 2.11. The molecule has 0 saturated heterocycles. The fraction of sp³-hybridized carbons (Fsp3) is 0.600. The van der Waals surface area contributed by atoms with Crippen molar-refractivity contribution in [2.24, 2.45) is 0 Å². The zero-order chi connectivity index (χ0) is 16.4. The molecule has 0 heterocycles. The van der Waals surface area contributed by atoms with Gasteiger partial charge in [0.1, 0.15) is 5.75 Å².